The number of carbonyl (C=O) groups excluding carboxylic acids is 3. The third-order valence-corrected chi connectivity index (χ3v) is 5.93. The molecule has 0 unspecified atom stereocenters. The molecule has 1 heterocycles. The van der Waals surface area contributed by atoms with Crippen molar-refractivity contribution >= 4 is 51.7 Å². The lowest BCUT2D eigenvalue weighted by Gasteiger charge is -2.30. The SMILES string of the molecule is CC=CCCN1C(=O)COc2cc(I)c(NC(=O)C3=C(C(N)=O)CCCC3)cc21. The van der Waals surface area contributed by atoms with Crippen molar-refractivity contribution in [3.8, 4) is 5.75 Å². The summed E-state index contributed by atoms with van der Waals surface area (Å²) in [6.07, 6.45) is 7.43. The first-order chi connectivity index (χ1) is 13.9. The summed E-state index contributed by atoms with van der Waals surface area (Å²) in [5.74, 6) is -0.363. The molecule has 3 rings (SSSR count). The Kier molecular flexibility index (Phi) is 6.94. The van der Waals surface area contributed by atoms with Crippen molar-refractivity contribution < 1.29 is 19.1 Å². The molecule has 154 valence electrons. The van der Waals surface area contributed by atoms with Gasteiger partial charge >= 0.3 is 0 Å². The molecule has 1 aromatic carbocycles. The van der Waals surface area contributed by atoms with E-state index in [1.54, 1.807) is 11.0 Å². The zero-order chi connectivity index (χ0) is 21.0. The first-order valence-electron chi connectivity index (χ1n) is 9.63. The molecular weight excluding hydrogens is 485 g/mol. The van der Waals surface area contributed by atoms with E-state index in [2.05, 4.69) is 27.9 Å². The minimum Gasteiger partial charge on any atom is -0.482 e. The van der Waals surface area contributed by atoms with Crippen LogP contribution in [0.4, 0.5) is 11.4 Å². The number of amides is 3. The molecule has 1 aromatic rings. The van der Waals surface area contributed by atoms with Gasteiger partial charge < -0.3 is 20.7 Å². The smallest absolute Gasteiger partial charge is 0.265 e. The van der Waals surface area contributed by atoms with Crippen LogP contribution in [-0.4, -0.2) is 30.9 Å². The molecule has 3 N–H and O–H groups in total. The van der Waals surface area contributed by atoms with E-state index in [0.717, 1.165) is 22.8 Å². The van der Waals surface area contributed by atoms with E-state index in [9.17, 15) is 14.4 Å². The maximum atomic E-state index is 12.9. The van der Waals surface area contributed by atoms with E-state index in [1.807, 2.05) is 25.1 Å². The lowest BCUT2D eigenvalue weighted by atomic mass is 9.90. The normalized spacial score (nSPS) is 16.6. The van der Waals surface area contributed by atoms with Gasteiger partial charge in [0.1, 0.15) is 5.75 Å². The van der Waals surface area contributed by atoms with E-state index in [-0.39, 0.29) is 18.4 Å². The maximum Gasteiger partial charge on any atom is 0.265 e. The van der Waals surface area contributed by atoms with Crippen molar-refractivity contribution in [3.63, 3.8) is 0 Å². The predicted octanol–water partition coefficient (Wildman–Crippen LogP) is 3.28. The fourth-order valence-electron chi connectivity index (χ4n) is 3.56. The van der Waals surface area contributed by atoms with Crippen molar-refractivity contribution in [2.75, 3.05) is 23.4 Å². The second kappa shape index (κ2) is 9.43. The number of nitrogens with zero attached hydrogens (tertiary/aromatic N) is 1. The first-order valence-corrected chi connectivity index (χ1v) is 10.7. The Hall–Kier alpha value is -2.36. The molecule has 0 radical (unpaired) electrons. The second-order valence-electron chi connectivity index (χ2n) is 6.97. The number of anilines is 2. The van der Waals surface area contributed by atoms with Gasteiger partial charge in [0, 0.05) is 21.3 Å². The molecule has 0 aromatic heterocycles. The van der Waals surface area contributed by atoms with Crippen LogP contribution in [-0.2, 0) is 14.4 Å². The number of ether oxygens (including phenoxy) is 1. The molecule has 0 fully saturated rings. The van der Waals surface area contributed by atoms with Crippen molar-refractivity contribution in [1.29, 1.82) is 0 Å². The van der Waals surface area contributed by atoms with Gasteiger partial charge in [-0.1, -0.05) is 12.2 Å². The molecule has 7 nitrogen and oxygen atoms in total. The lowest BCUT2D eigenvalue weighted by molar-refractivity contribution is -0.121. The fraction of sp³-hybridized carbons (Fsp3) is 0.381. The summed E-state index contributed by atoms with van der Waals surface area (Å²) in [5.41, 5.74) is 7.53. The van der Waals surface area contributed by atoms with E-state index in [4.69, 9.17) is 10.5 Å². The van der Waals surface area contributed by atoms with Crippen molar-refractivity contribution in [1.82, 2.24) is 0 Å². The molecule has 0 saturated carbocycles. The van der Waals surface area contributed by atoms with Crippen LogP contribution in [0.1, 0.15) is 39.0 Å². The predicted molar refractivity (Wildman–Crippen MR) is 120 cm³/mol. The summed E-state index contributed by atoms with van der Waals surface area (Å²) in [5, 5.41) is 2.90. The summed E-state index contributed by atoms with van der Waals surface area (Å²) in [6, 6.07) is 3.57. The number of rotatable bonds is 6. The molecule has 0 spiro atoms. The van der Waals surface area contributed by atoms with E-state index in [1.165, 1.54) is 0 Å². The summed E-state index contributed by atoms with van der Waals surface area (Å²) in [6.45, 7) is 2.47. The first kappa shape index (κ1) is 21.4. The van der Waals surface area contributed by atoms with Crippen LogP contribution in [0.2, 0.25) is 0 Å². The topological polar surface area (TPSA) is 102 Å². The summed E-state index contributed by atoms with van der Waals surface area (Å²) in [7, 11) is 0. The minimum atomic E-state index is -0.538. The summed E-state index contributed by atoms with van der Waals surface area (Å²) in [4.78, 5) is 38.6. The Labute approximate surface area is 183 Å². The van der Waals surface area contributed by atoms with Crippen molar-refractivity contribution in [2.24, 2.45) is 5.73 Å². The molecule has 2 aliphatic rings. The number of carbonyl (C=O) groups is 3. The molecule has 0 saturated heterocycles. The Bertz CT molecular complexity index is 907. The highest BCUT2D eigenvalue weighted by molar-refractivity contribution is 14.1. The Morgan fingerprint density at radius 1 is 1.28 bits per heavy atom. The van der Waals surface area contributed by atoms with Gasteiger partial charge in [0.2, 0.25) is 5.91 Å². The Morgan fingerprint density at radius 2 is 2.00 bits per heavy atom. The van der Waals surface area contributed by atoms with Crippen LogP contribution >= 0.6 is 22.6 Å². The number of allylic oxidation sites excluding steroid dienone is 1. The zero-order valence-electron chi connectivity index (χ0n) is 16.3. The van der Waals surface area contributed by atoms with Crippen molar-refractivity contribution in [3.05, 3.63) is 39.0 Å². The van der Waals surface area contributed by atoms with Crippen LogP contribution in [0.15, 0.2) is 35.4 Å². The molecule has 1 aliphatic heterocycles. The fourth-order valence-corrected chi connectivity index (χ4v) is 4.13. The largest absolute Gasteiger partial charge is 0.482 e. The van der Waals surface area contributed by atoms with Crippen LogP contribution < -0.4 is 20.7 Å². The van der Waals surface area contributed by atoms with Crippen LogP contribution in [0.3, 0.4) is 0 Å². The lowest BCUT2D eigenvalue weighted by Crippen LogP contribution is -2.39. The maximum absolute atomic E-state index is 12.9. The van der Waals surface area contributed by atoms with Crippen LogP contribution in [0.25, 0.3) is 0 Å². The van der Waals surface area contributed by atoms with Gasteiger partial charge in [-0.05, 0) is 73.8 Å². The van der Waals surface area contributed by atoms with E-state index in [0.29, 0.717) is 47.7 Å². The van der Waals surface area contributed by atoms with Crippen molar-refractivity contribution in [2.45, 2.75) is 39.0 Å². The van der Waals surface area contributed by atoms with Gasteiger partial charge in [-0.15, -0.1) is 0 Å². The number of primary amides is 1. The molecule has 29 heavy (non-hydrogen) atoms. The van der Waals surface area contributed by atoms with Gasteiger partial charge in [0.05, 0.1) is 11.4 Å². The molecule has 8 heteroatoms. The monoisotopic (exact) mass is 509 g/mol. The highest BCUT2D eigenvalue weighted by Crippen LogP contribution is 2.38. The number of nitrogens with two attached hydrogens (primary N) is 1. The summed E-state index contributed by atoms with van der Waals surface area (Å²) >= 11 is 2.12. The van der Waals surface area contributed by atoms with Gasteiger partial charge in [-0.3, -0.25) is 14.4 Å². The van der Waals surface area contributed by atoms with Gasteiger partial charge in [-0.2, -0.15) is 0 Å². The van der Waals surface area contributed by atoms with E-state index >= 15 is 0 Å². The third kappa shape index (κ3) is 4.80. The average Bonchev–Trinajstić information content (AvgIpc) is 2.70. The Morgan fingerprint density at radius 3 is 2.69 bits per heavy atom. The quantitative estimate of drug-likeness (QED) is 0.454. The number of benzene rings is 1. The highest BCUT2D eigenvalue weighted by Gasteiger charge is 2.28. The second-order valence-corrected chi connectivity index (χ2v) is 8.14. The minimum absolute atomic E-state index is 0.000513. The zero-order valence-corrected chi connectivity index (χ0v) is 18.5. The molecule has 0 bridgehead atoms. The molecule has 3 amide bonds. The number of nitrogens with one attached hydrogen (secondary N) is 1. The number of hydrogen-bond acceptors (Lipinski definition) is 4. The van der Waals surface area contributed by atoms with E-state index < -0.39 is 5.91 Å². The van der Waals surface area contributed by atoms with Crippen LogP contribution in [0.5, 0.6) is 5.75 Å². The van der Waals surface area contributed by atoms with Crippen LogP contribution in [0, 0.1) is 3.57 Å². The average molecular weight is 509 g/mol. The van der Waals surface area contributed by atoms with Gasteiger partial charge in [-0.25, -0.2) is 0 Å². The number of hydrogen-bond donors (Lipinski definition) is 2. The number of fused-ring (bicyclic) bond motifs is 1. The Balaban J connectivity index is 1.90. The van der Waals surface area contributed by atoms with Gasteiger partial charge in [0.15, 0.2) is 6.61 Å². The highest BCUT2D eigenvalue weighted by atomic mass is 127. The molecular formula is C21H24IN3O4. The van der Waals surface area contributed by atoms with Gasteiger partial charge in [0.25, 0.3) is 11.8 Å². The number of halogens is 1. The third-order valence-electron chi connectivity index (χ3n) is 5.03. The molecule has 1 aliphatic carbocycles. The standard InChI is InChI=1S/C21H24IN3O4/c1-2-3-6-9-25-17-11-16(15(22)10-18(17)29-12-19(25)26)24-21(28)14-8-5-4-7-13(14)20(23)27/h2-3,10-11H,4-9,12H2,1H3,(H2,23,27)(H,24,28). The summed E-state index contributed by atoms with van der Waals surface area (Å²) < 4.78 is 6.37. The molecule has 0 atom stereocenters.